The molecule has 0 aromatic carbocycles. The second-order valence-corrected chi connectivity index (χ2v) is 3.47. The molecule has 0 heterocycles. The lowest BCUT2D eigenvalue weighted by molar-refractivity contribution is 0.358. The van der Waals surface area contributed by atoms with E-state index in [0.717, 1.165) is 13.1 Å². The monoisotopic (exact) mass is 166 g/mol. The Bertz CT molecular complexity index is 182. The van der Waals surface area contributed by atoms with Gasteiger partial charge < -0.3 is 5.73 Å². The third kappa shape index (κ3) is 2.23. The second-order valence-electron chi connectivity index (χ2n) is 3.47. The molecule has 2 nitrogen and oxygen atoms in total. The van der Waals surface area contributed by atoms with Crippen LogP contribution in [0, 0.1) is 11.8 Å². The van der Waals surface area contributed by atoms with Crippen molar-refractivity contribution in [1.82, 2.24) is 5.32 Å². The molecule has 1 fully saturated rings. The average Bonchev–Trinajstić information content (AvgIpc) is 2.55. The van der Waals surface area contributed by atoms with Gasteiger partial charge in [0.2, 0.25) is 0 Å². The van der Waals surface area contributed by atoms with Gasteiger partial charge in [-0.3, -0.25) is 5.32 Å². The Morgan fingerprint density at radius 3 is 2.58 bits per heavy atom. The van der Waals surface area contributed by atoms with Gasteiger partial charge in [-0.05, 0) is 19.8 Å². The first kappa shape index (κ1) is 9.57. The van der Waals surface area contributed by atoms with E-state index in [1.165, 1.54) is 25.7 Å². The number of nitrogens with two attached hydrogens (primary N) is 1. The smallest absolute Gasteiger partial charge is 0.0581 e. The second kappa shape index (κ2) is 4.49. The maximum Gasteiger partial charge on any atom is 0.0581 e. The fourth-order valence-corrected chi connectivity index (χ4v) is 1.82. The predicted octanol–water partition coefficient (Wildman–Crippen LogP) is 0.871. The number of rotatable bonds is 3. The van der Waals surface area contributed by atoms with Gasteiger partial charge in [-0.2, -0.15) is 0 Å². The van der Waals surface area contributed by atoms with Crippen LogP contribution in [0.15, 0.2) is 0 Å². The van der Waals surface area contributed by atoms with Crippen LogP contribution in [0.1, 0.15) is 32.6 Å². The van der Waals surface area contributed by atoms with Gasteiger partial charge in [-0.25, -0.2) is 0 Å². The minimum Gasteiger partial charge on any atom is -0.329 e. The minimum absolute atomic E-state index is 0.212. The standard InChI is InChI=1S/C10H18N2/c1-2-3-8-12-10(9-11)6-4-5-7-10/h12H,4-9,11H2,1H3. The maximum absolute atomic E-state index is 5.74. The SMILES string of the molecule is CC#CCNC1(CN)CCCC1. The van der Waals surface area contributed by atoms with E-state index in [1.807, 2.05) is 6.92 Å². The predicted molar refractivity (Wildman–Crippen MR) is 51.7 cm³/mol. The van der Waals surface area contributed by atoms with Gasteiger partial charge >= 0.3 is 0 Å². The highest BCUT2D eigenvalue weighted by Crippen LogP contribution is 2.28. The van der Waals surface area contributed by atoms with Crippen LogP contribution in [0.3, 0.4) is 0 Å². The highest BCUT2D eigenvalue weighted by Gasteiger charge is 2.30. The molecule has 0 aliphatic heterocycles. The molecule has 0 spiro atoms. The lowest BCUT2D eigenvalue weighted by Crippen LogP contribution is -2.49. The van der Waals surface area contributed by atoms with E-state index in [4.69, 9.17) is 5.73 Å². The van der Waals surface area contributed by atoms with Crippen molar-refractivity contribution < 1.29 is 0 Å². The third-order valence-corrected chi connectivity index (χ3v) is 2.68. The van der Waals surface area contributed by atoms with Crippen molar-refractivity contribution in [3.05, 3.63) is 0 Å². The van der Waals surface area contributed by atoms with Crippen LogP contribution < -0.4 is 11.1 Å². The molecule has 0 radical (unpaired) electrons. The molecule has 1 saturated carbocycles. The van der Waals surface area contributed by atoms with Crippen molar-refractivity contribution >= 4 is 0 Å². The van der Waals surface area contributed by atoms with Crippen molar-refractivity contribution in [2.75, 3.05) is 13.1 Å². The van der Waals surface area contributed by atoms with Crippen molar-refractivity contribution in [3.8, 4) is 11.8 Å². The Balaban J connectivity index is 2.37. The van der Waals surface area contributed by atoms with E-state index in [2.05, 4.69) is 17.2 Å². The molecule has 68 valence electrons. The van der Waals surface area contributed by atoms with Gasteiger partial charge in [0.15, 0.2) is 0 Å². The molecule has 3 N–H and O–H groups in total. The van der Waals surface area contributed by atoms with Crippen LogP contribution in [-0.2, 0) is 0 Å². The molecule has 1 rings (SSSR count). The number of nitrogens with one attached hydrogen (secondary N) is 1. The topological polar surface area (TPSA) is 38.0 Å². The normalized spacial score (nSPS) is 20.2. The lowest BCUT2D eigenvalue weighted by Gasteiger charge is -2.27. The van der Waals surface area contributed by atoms with Gasteiger partial charge in [-0.1, -0.05) is 18.8 Å². The van der Waals surface area contributed by atoms with Crippen molar-refractivity contribution in [1.29, 1.82) is 0 Å². The van der Waals surface area contributed by atoms with Gasteiger partial charge in [0, 0.05) is 12.1 Å². The fourth-order valence-electron chi connectivity index (χ4n) is 1.82. The van der Waals surface area contributed by atoms with E-state index in [0.29, 0.717) is 0 Å². The fraction of sp³-hybridized carbons (Fsp3) is 0.800. The molecule has 0 atom stereocenters. The van der Waals surface area contributed by atoms with Gasteiger partial charge in [0.1, 0.15) is 0 Å². The average molecular weight is 166 g/mol. The highest BCUT2D eigenvalue weighted by atomic mass is 15.0. The molecule has 1 aliphatic carbocycles. The number of hydrogen-bond acceptors (Lipinski definition) is 2. The molecule has 2 heteroatoms. The first-order chi connectivity index (χ1) is 5.83. The Kier molecular flexibility index (Phi) is 3.58. The van der Waals surface area contributed by atoms with Gasteiger partial charge in [0.25, 0.3) is 0 Å². The summed E-state index contributed by atoms with van der Waals surface area (Å²) in [5, 5.41) is 3.45. The zero-order chi connectivity index (χ0) is 8.86. The Labute approximate surface area is 74.9 Å². The minimum atomic E-state index is 0.212. The molecule has 0 unspecified atom stereocenters. The molecule has 1 aliphatic rings. The number of hydrogen-bond donors (Lipinski definition) is 2. The summed E-state index contributed by atoms with van der Waals surface area (Å²) in [6.45, 7) is 3.40. The first-order valence-corrected chi connectivity index (χ1v) is 4.68. The first-order valence-electron chi connectivity index (χ1n) is 4.68. The molecule has 0 bridgehead atoms. The van der Waals surface area contributed by atoms with E-state index >= 15 is 0 Å². The lowest BCUT2D eigenvalue weighted by atomic mass is 9.98. The molecule has 0 aromatic heterocycles. The Morgan fingerprint density at radius 1 is 1.42 bits per heavy atom. The quantitative estimate of drug-likeness (QED) is 0.611. The summed E-state index contributed by atoms with van der Waals surface area (Å²) in [4.78, 5) is 0. The molecule has 0 amide bonds. The summed E-state index contributed by atoms with van der Waals surface area (Å²) in [5.74, 6) is 5.90. The van der Waals surface area contributed by atoms with Crippen LogP contribution in [0.25, 0.3) is 0 Å². The van der Waals surface area contributed by atoms with Gasteiger partial charge in [0.05, 0.1) is 6.54 Å². The Morgan fingerprint density at radius 2 is 2.08 bits per heavy atom. The molecular weight excluding hydrogens is 148 g/mol. The largest absolute Gasteiger partial charge is 0.329 e. The van der Waals surface area contributed by atoms with Crippen LogP contribution in [0.4, 0.5) is 0 Å². The summed E-state index contributed by atoms with van der Waals surface area (Å²) < 4.78 is 0. The van der Waals surface area contributed by atoms with E-state index in [-0.39, 0.29) is 5.54 Å². The summed E-state index contributed by atoms with van der Waals surface area (Å²) in [6, 6.07) is 0. The molecule has 12 heavy (non-hydrogen) atoms. The van der Waals surface area contributed by atoms with Gasteiger partial charge in [-0.15, -0.1) is 5.92 Å². The zero-order valence-corrected chi connectivity index (χ0v) is 7.82. The summed E-state index contributed by atoms with van der Waals surface area (Å²) in [5.41, 5.74) is 5.95. The highest BCUT2D eigenvalue weighted by molar-refractivity contribution is 5.02. The van der Waals surface area contributed by atoms with E-state index in [9.17, 15) is 0 Å². The molecular formula is C10H18N2. The molecule has 0 saturated heterocycles. The zero-order valence-electron chi connectivity index (χ0n) is 7.82. The van der Waals surface area contributed by atoms with Crippen molar-refractivity contribution in [2.24, 2.45) is 5.73 Å². The van der Waals surface area contributed by atoms with Crippen LogP contribution in [0.2, 0.25) is 0 Å². The van der Waals surface area contributed by atoms with Crippen molar-refractivity contribution in [3.63, 3.8) is 0 Å². The Hall–Kier alpha value is -0.520. The van der Waals surface area contributed by atoms with E-state index in [1.54, 1.807) is 0 Å². The summed E-state index contributed by atoms with van der Waals surface area (Å²) >= 11 is 0. The van der Waals surface area contributed by atoms with Crippen LogP contribution in [0.5, 0.6) is 0 Å². The summed E-state index contributed by atoms with van der Waals surface area (Å²) in [7, 11) is 0. The molecule has 0 aromatic rings. The maximum atomic E-state index is 5.74. The van der Waals surface area contributed by atoms with Crippen LogP contribution in [-0.4, -0.2) is 18.6 Å². The third-order valence-electron chi connectivity index (χ3n) is 2.68. The van der Waals surface area contributed by atoms with Crippen LogP contribution >= 0.6 is 0 Å². The van der Waals surface area contributed by atoms with Crippen molar-refractivity contribution in [2.45, 2.75) is 38.1 Å². The summed E-state index contributed by atoms with van der Waals surface area (Å²) in [6.07, 6.45) is 5.05. The van der Waals surface area contributed by atoms with E-state index < -0.39 is 0 Å².